The second-order valence-corrected chi connectivity index (χ2v) is 5.87. The number of nitrogens with zero attached hydrogens (tertiary/aromatic N) is 2. The van der Waals surface area contributed by atoms with Crippen LogP contribution in [-0.2, 0) is 0 Å². The SMILES string of the molecule is CC(C)S/C(C#N)=C\C=C\N1CCCCC1. The smallest absolute Gasteiger partial charge is 0.106 e. The van der Waals surface area contributed by atoms with Crippen LogP contribution < -0.4 is 0 Å². The quantitative estimate of drug-likeness (QED) is 0.552. The molecule has 0 atom stereocenters. The molecule has 0 saturated carbocycles. The molecule has 0 aromatic heterocycles. The summed E-state index contributed by atoms with van der Waals surface area (Å²) in [4.78, 5) is 3.12. The molecule has 1 rings (SSSR count). The number of hydrogen-bond acceptors (Lipinski definition) is 3. The van der Waals surface area contributed by atoms with Crippen LogP contribution in [0.1, 0.15) is 33.1 Å². The number of piperidine rings is 1. The van der Waals surface area contributed by atoms with E-state index in [0.717, 1.165) is 18.0 Å². The zero-order chi connectivity index (χ0) is 11.8. The lowest BCUT2D eigenvalue weighted by atomic mass is 10.1. The van der Waals surface area contributed by atoms with Gasteiger partial charge in [0, 0.05) is 18.3 Å². The molecule has 1 aliphatic rings. The molecule has 0 bridgehead atoms. The molecule has 1 heterocycles. The number of likely N-dealkylation sites (tertiary alicyclic amines) is 1. The first kappa shape index (κ1) is 13.2. The van der Waals surface area contributed by atoms with E-state index < -0.39 is 0 Å². The first-order chi connectivity index (χ1) is 7.72. The van der Waals surface area contributed by atoms with E-state index in [1.165, 1.54) is 19.3 Å². The Morgan fingerprint density at radius 1 is 1.31 bits per heavy atom. The third-order valence-corrected chi connectivity index (χ3v) is 3.36. The van der Waals surface area contributed by atoms with Gasteiger partial charge in [-0.25, -0.2) is 0 Å². The van der Waals surface area contributed by atoms with Crippen molar-refractivity contribution in [2.45, 2.75) is 38.4 Å². The van der Waals surface area contributed by atoms with Crippen LogP contribution in [0.2, 0.25) is 0 Å². The molecule has 0 unspecified atom stereocenters. The van der Waals surface area contributed by atoms with Gasteiger partial charge in [0.25, 0.3) is 0 Å². The monoisotopic (exact) mass is 236 g/mol. The summed E-state index contributed by atoms with van der Waals surface area (Å²) in [6.45, 7) is 6.52. The molecular formula is C13H20N2S. The second-order valence-electron chi connectivity index (χ2n) is 4.25. The number of nitriles is 1. The van der Waals surface area contributed by atoms with E-state index in [1.807, 2.05) is 12.2 Å². The van der Waals surface area contributed by atoms with Gasteiger partial charge in [0.2, 0.25) is 0 Å². The highest BCUT2D eigenvalue weighted by molar-refractivity contribution is 8.03. The number of thioether (sulfide) groups is 1. The Bertz CT molecular complexity index is 294. The molecule has 16 heavy (non-hydrogen) atoms. The lowest BCUT2D eigenvalue weighted by molar-refractivity contribution is 0.309. The van der Waals surface area contributed by atoms with Crippen molar-refractivity contribution in [3.63, 3.8) is 0 Å². The number of allylic oxidation sites excluding steroid dienone is 3. The molecule has 0 spiro atoms. The van der Waals surface area contributed by atoms with Gasteiger partial charge in [0.05, 0.1) is 4.91 Å². The summed E-state index contributed by atoms with van der Waals surface area (Å²) >= 11 is 1.62. The summed E-state index contributed by atoms with van der Waals surface area (Å²) in [5.74, 6) is 0. The first-order valence-corrected chi connectivity index (χ1v) is 6.79. The highest BCUT2D eigenvalue weighted by atomic mass is 32.2. The molecule has 0 aromatic rings. The molecule has 88 valence electrons. The fourth-order valence-electron chi connectivity index (χ4n) is 1.68. The maximum absolute atomic E-state index is 8.93. The summed E-state index contributed by atoms with van der Waals surface area (Å²) in [5, 5.41) is 9.39. The van der Waals surface area contributed by atoms with E-state index in [-0.39, 0.29) is 0 Å². The molecule has 0 aliphatic carbocycles. The molecular weight excluding hydrogens is 216 g/mol. The standard InChI is InChI=1S/C13H20N2S/c1-12(2)16-13(11-14)7-6-10-15-8-4-3-5-9-15/h6-7,10,12H,3-5,8-9H2,1-2H3/b10-6+,13-7-. The molecule has 1 saturated heterocycles. The fraction of sp³-hybridized carbons (Fsp3) is 0.615. The van der Waals surface area contributed by atoms with E-state index in [4.69, 9.17) is 5.26 Å². The van der Waals surface area contributed by atoms with Gasteiger partial charge in [-0.05, 0) is 37.6 Å². The predicted molar refractivity (Wildman–Crippen MR) is 71.0 cm³/mol. The Morgan fingerprint density at radius 3 is 2.56 bits per heavy atom. The van der Waals surface area contributed by atoms with E-state index in [9.17, 15) is 0 Å². The molecule has 3 heteroatoms. The van der Waals surface area contributed by atoms with Crippen molar-refractivity contribution >= 4 is 11.8 Å². The zero-order valence-corrected chi connectivity index (χ0v) is 11.0. The third-order valence-electron chi connectivity index (χ3n) is 2.41. The zero-order valence-electron chi connectivity index (χ0n) is 10.1. The number of hydrogen-bond donors (Lipinski definition) is 0. The van der Waals surface area contributed by atoms with Gasteiger partial charge in [-0.2, -0.15) is 5.26 Å². The highest BCUT2D eigenvalue weighted by Crippen LogP contribution is 2.20. The van der Waals surface area contributed by atoms with E-state index in [2.05, 4.69) is 31.0 Å². The average molecular weight is 236 g/mol. The van der Waals surface area contributed by atoms with Crippen LogP contribution in [-0.4, -0.2) is 23.2 Å². The van der Waals surface area contributed by atoms with Gasteiger partial charge >= 0.3 is 0 Å². The summed E-state index contributed by atoms with van der Waals surface area (Å²) in [6, 6.07) is 2.23. The topological polar surface area (TPSA) is 27.0 Å². The van der Waals surface area contributed by atoms with Crippen LogP contribution in [0.5, 0.6) is 0 Å². The molecule has 1 aliphatic heterocycles. The Kier molecular flexibility index (Phi) is 6.10. The predicted octanol–water partition coefficient (Wildman–Crippen LogP) is 3.54. The van der Waals surface area contributed by atoms with Gasteiger partial charge in [-0.1, -0.05) is 13.8 Å². The molecule has 0 amide bonds. The molecule has 2 nitrogen and oxygen atoms in total. The normalized spacial score (nSPS) is 18.1. The van der Waals surface area contributed by atoms with Gasteiger partial charge in [0.15, 0.2) is 0 Å². The van der Waals surface area contributed by atoms with Crippen LogP contribution in [0.4, 0.5) is 0 Å². The lowest BCUT2D eigenvalue weighted by Gasteiger charge is -2.24. The average Bonchev–Trinajstić information content (AvgIpc) is 2.28. The van der Waals surface area contributed by atoms with Crippen LogP contribution in [0.15, 0.2) is 23.3 Å². The van der Waals surface area contributed by atoms with Crippen LogP contribution in [0, 0.1) is 11.3 Å². The summed E-state index contributed by atoms with van der Waals surface area (Å²) in [5.41, 5.74) is 0. The van der Waals surface area contributed by atoms with Crippen molar-refractivity contribution in [3.05, 3.63) is 23.3 Å². The minimum Gasteiger partial charge on any atom is -0.377 e. The van der Waals surface area contributed by atoms with Gasteiger partial charge in [-0.3, -0.25) is 0 Å². The van der Waals surface area contributed by atoms with Crippen LogP contribution in [0.25, 0.3) is 0 Å². The van der Waals surface area contributed by atoms with Crippen molar-refractivity contribution < 1.29 is 0 Å². The van der Waals surface area contributed by atoms with Crippen LogP contribution >= 0.6 is 11.8 Å². The van der Waals surface area contributed by atoms with Crippen molar-refractivity contribution in [2.75, 3.05) is 13.1 Å². The third kappa shape index (κ3) is 5.27. The van der Waals surface area contributed by atoms with Gasteiger partial charge in [0.1, 0.15) is 6.07 Å². The minimum atomic E-state index is 0.467. The Morgan fingerprint density at radius 2 is 2.00 bits per heavy atom. The fourth-order valence-corrected chi connectivity index (χ4v) is 2.39. The van der Waals surface area contributed by atoms with Crippen molar-refractivity contribution in [3.8, 4) is 6.07 Å². The Labute approximate surface area is 103 Å². The maximum Gasteiger partial charge on any atom is 0.106 e. The molecule has 0 aromatic carbocycles. The lowest BCUT2D eigenvalue weighted by Crippen LogP contribution is -2.23. The van der Waals surface area contributed by atoms with E-state index in [1.54, 1.807) is 11.8 Å². The molecule has 1 fully saturated rings. The molecule has 0 radical (unpaired) electrons. The highest BCUT2D eigenvalue weighted by Gasteiger charge is 2.04. The van der Waals surface area contributed by atoms with Crippen LogP contribution in [0.3, 0.4) is 0 Å². The van der Waals surface area contributed by atoms with Crippen molar-refractivity contribution in [2.24, 2.45) is 0 Å². The first-order valence-electron chi connectivity index (χ1n) is 5.91. The minimum absolute atomic E-state index is 0.467. The van der Waals surface area contributed by atoms with E-state index >= 15 is 0 Å². The van der Waals surface area contributed by atoms with Crippen molar-refractivity contribution in [1.82, 2.24) is 4.90 Å². The van der Waals surface area contributed by atoms with Gasteiger partial charge < -0.3 is 4.90 Å². The Balaban J connectivity index is 2.42. The number of rotatable bonds is 4. The largest absolute Gasteiger partial charge is 0.377 e. The second kappa shape index (κ2) is 7.40. The van der Waals surface area contributed by atoms with E-state index in [0.29, 0.717) is 5.25 Å². The maximum atomic E-state index is 8.93. The van der Waals surface area contributed by atoms with Crippen molar-refractivity contribution in [1.29, 1.82) is 5.26 Å². The summed E-state index contributed by atoms with van der Waals surface area (Å²) in [7, 11) is 0. The van der Waals surface area contributed by atoms with Gasteiger partial charge in [-0.15, -0.1) is 11.8 Å². The summed E-state index contributed by atoms with van der Waals surface area (Å²) in [6.07, 6.45) is 9.96. The Hall–Kier alpha value is -0.880. The summed E-state index contributed by atoms with van der Waals surface area (Å²) < 4.78 is 0. The molecule has 0 N–H and O–H groups in total.